The third kappa shape index (κ3) is 5.58. The highest BCUT2D eigenvalue weighted by molar-refractivity contribution is 6.34. The molecule has 0 saturated carbocycles. The fourth-order valence-electron chi connectivity index (χ4n) is 1.40. The van der Waals surface area contributed by atoms with Crippen LogP contribution in [0.5, 0.6) is 0 Å². The highest BCUT2D eigenvalue weighted by Gasteiger charge is 2.05. The maximum Gasteiger partial charge on any atom is 0.315 e. The standard InChI is InChI=1S/C12H16Cl2N2O2/c1-8(7-17)16-12(18)15-3-2-9-4-10(13)6-11(14)5-9/h4-6,8,17H,2-3,7H2,1H3,(H2,15,16,18). The van der Waals surface area contributed by atoms with Crippen molar-refractivity contribution in [3.05, 3.63) is 33.8 Å². The van der Waals surface area contributed by atoms with Crippen LogP contribution >= 0.6 is 23.2 Å². The van der Waals surface area contributed by atoms with Crippen LogP contribution in [0.4, 0.5) is 4.79 Å². The Morgan fingerprint density at radius 1 is 1.33 bits per heavy atom. The van der Waals surface area contributed by atoms with Crippen LogP contribution in [0.1, 0.15) is 12.5 Å². The van der Waals surface area contributed by atoms with Gasteiger partial charge in [-0.25, -0.2) is 4.79 Å². The van der Waals surface area contributed by atoms with Gasteiger partial charge in [0.05, 0.1) is 12.6 Å². The van der Waals surface area contributed by atoms with Crippen LogP contribution in [-0.2, 0) is 6.42 Å². The minimum atomic E-state index is -0.301. The van der Waals surface area contributed by atoms with Gasteiger partial charge in [0.25, 0.3) is 0 Å². The highest BCUT2D eigenvalue weighted by Crippen LogP contribution is 2.19. The van der Waals surface area contributed by atoms with Gasteiger partial charge in [-0.2, -0.15) is 0 Å². The van der Waals surface area contributed by atoms with E-state index in [4.69, 9.17) is 28.3 Å². The van der Waals surface area contributed by atoms with Gasteiger partial charge in [0.15, 0.2) is 0 Å². The summed E-state index contributed by atoms with van der Waals surface area (Å²) >= 11 is 11.7. The molecule has 0 aliphatic heterocycles. The van der Waals surface area contributed by atoms with E-state index < -0.39 is 0 Å². The molecule has 0 spiro atoms. The van der Waals surface area contributed by atoms with Crippen LogP contribution in [0.2, 0.25) is 10.0 Å². The van der Waals surface area contributed by atoms with Gasteiger partial charge in [0.2, 0.25) is 0 Å². The maximum absolute atomic E-state index is 11.4. The van der Waals surface area contributed by atoms with Crippen molar-refractivity contribution in [2.75, 3.05) is 13.2 Å². The largest absolute Gasteiger partial charge is 0.394 e. The van der Waals surface area contributed by atoms with Crippen LogP contribution < -0.4 is 10.6 Å². The number of aliphatic hydroxyl groups is 1. The van der Waals surface area contributed by atoms with Crippen molar-refractivity contribution >= 4 is 29.2 Å². The molecule has 1 rings (SSSR count). The molecule has 2 amide bonds. The second kappa shape index (κ2) is 7.46. The Bertz CT molecular complexity index is 393. The molecule has 100 valence electrons. The molecule has 0 aliphatic rings. The van der Waals surface area contributed by atoms with E-state index in [0.717, 1.165) is 5.56 Å². The highest BCUT2D eigenvalue weighted by atomic mass is 35.5. The van der Waals surface area contributed by atoms with E-state index in [0.29, 0.717) is 23.0 Å². The van der Waals surface area contributed by atoms with Gasteiger partial charge in [-0.1, -0.05) is 23.2 Å². The SMILES string of the molecule is CC(CO)NC(=O)NCCc1cc(Cl)cc(Cl)c1. The third-order valence-corrected chi connectivity index (χ3v) is 2.71. The van der Waals surface area contributed by atoms with Crippen LogP contribution in [-0.4, -0.2) is 30.3 Å². The topological polar surface area (TPSA) is 61.4 Å². The predicted octanol–water partition coefficient (Wildman–Crippen LogP) is 2.22. The second-order valence-electron chi connectivity index (χ2n) is 4.01. The summed E-state index contributed by atoms with van der Waals surface area (Å²) in [6, 6.07) is 4.72. The lowest BCUT2D eigenvalue weighted by atomic mass is 10.1. The van der Waals surface area contributed by atoms with Crippen molar-refractivity contribution in [3.63, 3.8) is 0 Å². The number of rotatable bonds is 5. The van der Waals surface area contributed by atoms with Gasteiger partial charge in [-0.3, -0.25) is 0 Å². The van der Waals surface area contributed by atoms with Crippen molar-refractivity contribution in [1.29, 1.82) is 0 Å². The smallest absolute Gasteiger partial charge is 0.315 e. The minimum Gasteiger partial charge on any atom is -0.394 e. The normalized spacial score (nSPS) is 12.0. The molecule has 0 fully saturated rings. The zero-order valence-electron chi connectivity index (χ0n) is 10.0. The lowest BCUT2D eigenvalue weighted by Gasteiger charge is -2.12. The summed E-state index contributed by atoms with van der Waals surface area (Å²) in [5, 5.41) is 15.2. The van der Waals surface area contributed by atoms with Gasteiger partial charge in [0.1, 0.15) is 0 Å². The molecule has 0 heterocycles. The summed E-state index contributed by atoms with van der Waals surface area (Å²) in [5.74, 6) is 0. The number of carbonyl (C=O) groups is 1. The average Bonchev–Trinajstić information content (AvgIpc) is 2.27. The molecule has 1 aromatic carbocycles. The Morgan fingerprint density at radius 2 is 1.94 bits per heavy atom. The number of urea groups is 1. The number of aliphatic hydroxyl groups excluding tert-OH is 1. The zero-order valence-corrected chi connectivity index (χ0v) is 11.6. The number of halogens is 2. The quantitative estimate of drug-likeness (QED) is 0.779. The monoisotopic (exact) mass is 290 g/mol. The molecule has 0 radical (unpaired) electrons. The Hall–Kier alpha value is -0.970. The van der Waals surface area contributed by atoms with Gasteiger partial charge >= 0.3 is 6.03 Å². The first-order chi connectivity index (χ1) is 8.51. The van der Waals surface area contributed by atoms with Crippen molar-refractivity contribution in [2.45, 2.75) is 19.4 Å². The van der Waals surface area contributed by atoms with Crippen LogP contribution in [0.25, 0.3) is 0 Å². The first-order valence-corrected chi connectivity index (χ1v) is 6.37. The van der Waals surface area contributed by atoms with Gasteiger partial charge in [-0.15, -0.1) is 0 Å². The molecular formula is C12H16Cl2N2O2. The number of amides is 2. The molecule has 1 aromatic rings. The summed E-state index contributed by atoms with van der Waals surface area (Å²) in [6.07, 6.45) is 0.640. The summed E-state index contributed by atoms with van der Waals surface area (Å²) in [4.78, 5) is 11.4. The fraction of sp³-hybridized carbons (Fsp3) is 0.417. The third-order valence-electron chi connectivity index (χ3n) is 2.27. The average molecular weight is 291 g/mol. The minimum absolute atomic E-state index is 0.0860. The molecule has 18 heavy (non-hydrogen) atoms. The second-order valence-corrected chi connectivity index (χ2v) is 4.88. The zero-order chi connectivity index (χ0) is 13.5. The molecule has 0 aliphatic carbocycles. The molecule has 0 aromatic heterocycles. The Balaban J connectivity index is 2.35. The molecule has 0 bridgehead atoms. The molecule has 3 N–H and O–H groups in total. The van der Waals surface area contributed by atoms with Crippen molar-refractivity contribution in [3.8, 4) is 0 Å². The summed E-state index contributed by atoms with van der Waals surface area (Å²) in [5.41, 5.74) is 0.961. The molecule has 6 heteroatoms. The van der Waals surface area contributed by atoms with Gasteiger partial charge < -0.3 is 15.7 Å². The predicted molar refractivity (Wildman–Crippen MR) is 73.2 cm³/mol. The van der Waals surface area contributed by atoms with Crippen molar-refractivity contribution in [1.82, 2.24) is 10.6 Å². The fourth-order valence-corrected chi connectivity index (χ4v) is 1.97. The Morgan fingerprint density at radius 3 is 2.50 bits per heavy atom. The molecule has 0 saturated heterocycles. The van der Waals surface area contributed by atoms with Crippen LogP contribution in [0.3, 0.4) is 0 Å². The molecule has 1 atom stereocenters. The molecule has 4 nitrogen and oxygen atoms in total. The van der Waals surface area contributed by atoms with E-state index in [9.17, 15) is 4.79 Å². The molecule has 1 unspecified atom stereocenters. The summed E-state index contributed by atoms with van der Waals surface area (Å²) in [7, 11) is 0. The van der Waals surface area contributed by atoms with Gasteiger partial charge in [-0.05, 0) is 37.1 Å². The maximum atomic E-state index is 11.4. The Labute approximate surface area is 116 Å². The van der Waals surface area contributed by atoms with E-state index >= 15 is 0 Å². The van der Waals surface area contributed by atoms with E-state index in [1.54, 1.807) is 13.0 Å². The van der Waals surface area contributed by atoms with E-state index in [-0.39, 0.29) is 18.7 Å². The lowest BCUT2D eigenvalue weighted by molar-refractivity contribution is 0.220. The Kier molecular flexibility index (Phi) is 6.25. The van der Waals surface area contributed by atoms with E-state index in [1.807, 2.05) is 12.1 Å². The van der Waals surface area contributed by atoms with Crippen LogP contribution in [0, 0.1) is 0 Å². The number of hydrogen-bond acceptors (Lipinski definition) is 2. The lowest BCUT2D eigenvalue weighted by Crippen LogP contribution is -2.42. The van der Waals surface area contributed by atoms with E-state index in [2.05, 4.69) is 10.6 Å². The van der Waals surface area contributed by atoms with Gasteiger partial charge in [0, 0.05) is 16.6 Å². The number of nitrogens with one attached hydrogen (secondary N) is 2. The molecular weight excluding hydrogens is 275 g/mol. The summed E-state index contributed by atoms with van der Waals surface area (Å²) < 4.78 is 0. The first-order valence-electron chi connectivity index (χ1n) is 5.61. The first kappa shape index (κ1) is 15.1. The number of carbonyl (C=O) groups excluding carboxylic acids is 1. The summed E-state index contributed by atoms with van der Waals surface area (Å²) in [6.45, 7) is 2.11. The van der Waals surface area contributed by atoms with Crippen molar-refractivity contribution in [2.24, 2.45) is 0 Å². The van der Waals surface area contributed by atoms with Crippen molar-refractivity contribution < 1.29 is 9.90 Å². The van der Waals surface area contributed by atoms with E-state index in [1.165, 1.54) is 0 Å². The number of hydrogen-bond donors (Lipinski definition) is 3. The number of benzene rings is 1. The van der Waals surface area contributed by atoms with Crippen LogP contribution in [0.15, 0.2) is 18.2 Å².